The number of fused-ring (bicyclic) bond motifs is 1. The average Bonchev–Trinajstić information content (AvgIpc) is 2.62. The van der Waals surface area contributed by atoms with Crippen LogP contribution in [0, 0.1) is 5.92 Å². The number of halogens is 1. The van der Waals surface area contributed by atoms with Gasteiger partial charge in [-0.15, -0.1) is 0 Å². The maximum atomic E-state index is 6.30. The van der Waals surface area contributed by atoms with Crippen molar-refractivity contribution < 1.29 is 0 Å². The Morgan fingerprint density at radius 3 is 2.83 bits per heavy atom. The number of rotatable bonds is 3. The fourth-order valence-electron chi connectivity index (χ4n) is 3.16. The van der Waals surface area contributed by atoms with Gasteiger partial charge in [-0.1, -0.05) is 30.2 Å². The van der Waals surface area contributed by atoms with Crippen LogP contribution in [-0.2, 0) is 7.05 Å². The first kappa shape index (κ1) is 12.1. The van der Waals surface area contributed by atoms with Gasteiger partial charge >= 0.3 is 0 Å². The molecule has 0 radical (unpaired) electrons. The fourth-order valence-corrected chi connectivity index (χ4v) is 3.47. The van der Waals surface area contributed by atoms with Gasteiger partial charge in [-0.3, -0.25) is 0 Å². The number of nitrogens with zero attached hydrogens (tertiary/aromatic N) is 1. The number of aromatic nitrogens is 1. The molecular weight excluding hydrogens is 244 g/mol. The summed E-state index contributed by atoms with van der Waals surface area (Å²) in [4.78, 5) is 0. The smallest absolute Gasteiger partial charge is 0.0669 e. The van der Waals surface area contributed by atoms with Crippen molar-refractivity contribution in [3.63, 3.8) is 0 Å². The molecule has 2 N–H and O–H groups in total. The third-order valence-electron chi connectivity index (χ3n) is 4.36. The summed E-state index contributed by atoms with van der Waals surface area (Å²) in [5, 5.41) is 2.10. The number of hydrogen-bond acceptors (Lipinski definition) is 1. The molecule has 0 bridgehead atoms. The van der Waals surface area contributed by atoms with E-state index in [0.29, 0.717) is 5.92 Å². The number of hydrogen-bond donors (Lipinski definition) is 1. The van der Waals surface area contributed by atoms with Gasteiger partial charge in [0.15, 0.2) is 0 Å². The standard InChI is InChI=1S/C15H19ClN2/c1-18-9-13(12(8-17)10-4-2-5-10)11-6-3-7-14(16)15(11)18/h3,6-7,9-10,12H,2,4-5,8,17H2,1H3. The van der Waals surface area contributed by atoms with E-state index in [1.165, 1.54) is 30.2 Å². The normalized spacial score (nSPS) is 17.9. The molecule has 1 aliphatic rings. The van der Waals surface area contributed by atoms with Crippen LogP contribution in [0.5, 0.6) is 0 Å². The Hall–Kier alpha value is -0.990. The minimum absolute atomic E-state index is 0.487. The van der Waals surface area contributed by atoms with E-state index in [1.807, 2.05) is 12.1 Å². The van der Waals surface area contributed by atoms with Gasteiger partial charge in [0.25, 0.3) is 0 Å². The van der Waals surface area contributed by atoms with Crippen molar-refractivity contribution in [1.29, 1.82) is 0 Å². The lowest BCUT2D eigenvalue weighted by Crippen LogP contribution is -2.26. The molecule has 0 aliphatic heterocycles. The van der Waals surface area contributed by atoms with E-state index >= 15 is 0 Å². The maximum absolute atomic E-state index is 6.30. The van der Waals surface area contributed by atoms with E-state index in [1.54, 1.807) is 0 Å². The summed E-state index contributed by atoms with van der Waals surface area (Å²) >= 11 is 6.30. The van der Waals surface area contributed by atoms with E-state index < -0.39 is 0 Å². The lowest BCUT2D eigenvalue weighted by Gasteiger charge is -2.33. The van der Waals surface area contributed by atoms with Crippen molar-refractivity contribution in [1.82, 2.24) is 4.57 Å². The third-order valence-corrected chi connectivity index (χ3v) is 4.66. The molecule has 0 amide bonds. The van der Waals surface area contributed by atoms with E-state index in [9.17, 15) is 0 Å². The quantitative estimate of drug-likeness (QED) is 0.899. The summed E-state index contributed by atoms with van der Waals surface area (Å²) in [5.74, 6) is 1.25. The highest BCUT2D eigenvalue weighted by Gasteiger charge is 2.29. The van der Waals surface area contributed by atoms with Gasteiger partial charge in [0.2, 0.25) is 0 Å². The van der Waals surface area contributed by atoms with Gasteiger partial charge in [-0.2, -0.15) is 0 Å². The summed E-state index contributed by atoms with van der Waals surface area (Å²) in [6.07, 6.45) is 6.21. The fraction of sp³-hybridized carbons (Fsp3) is 0.467. The second-order valence-electron chi connectivity index (χ2n) is 5.36. The third kappa shape index (κ3) is 1.75. The topological polar surface area (TPSA) is 30.9 Å². The summed E-state index contributed by atoms with van der Waals surface area (Å²) < 4.78 is 2.13. The lowest BCUT2D eigenvalue weighted by molar-refractivity contribution is 0.265. The highest BCUT2D eigenvalue weighted by molar-refractivity contribution is 6.35. The van der Waals surface area contributed by atoms with Crippen molar-refractivity contribution in [2.24, 2.45) is 18.7 Å². The molecule has 1 saturated carbocycles. The number of nitrogens with two attached hydrogens (primary N) is 1. The second kappa shape index (κ2) is 4.60. The largest absolute Gasteiger partial charge is 0.349 e. The molecule has 1 aromatic heterocycles. The Morgan fingerprint density at radius 2 is 2.22 bits per heavy atom. The second-order valence-corrected chi connectivity index (χ2v) is 5.77. The van der Waals surface area contributed by atoms with Crippen molar-refractivity contribution in [3.8, 4) is 0 Å². The minimum atomic E-state index is 0.487. The molecule has 0 saturated heterocycles. The number of aryl methyl sites for hydroxylation is 1. The summed E-state index contributed by atoms with van der Waals surface area (Å²) in [6, 6.07) is 6.15. The van der Waals surface area contributed by atoms with Crippen molar-refractivity contribution in [2.45, 2.75) is 25.2 Å². The van der Waals surface area contributed by atoms with Gasteiger partial charge in [0.05, 0.1) is 10.5 Å². The van der Waals surface area contributed by atoms with Gasteiger partial charge < -0.3 is 10.3 Å². The first-order chi connectivity index (χ1) is 8.72. The van der Waals surface area contributed by atoms with Crippen LogP contribution in [0.25, 0.3) is 10.9 Å². The molecular formula is C15H19ClN2. The van der Waals surface area contributed by atoms with E-state index in [4.69, 9.17) is 17.3 Å². The number of benzene rings is 1. The SMILES string of the molecule is Cn1cc(C(CN)C2CCC2)c2cccc(Cl)c21. The van der Waals surface area contributed by atoms with Gasteiger partial charge in [-0.25, -0.2) is 0 Å². The van der Waals surface area contributed by atoms with Crippen LogP contribution in [0.15, 0.2) is 24.4 Å². The molecule has 3 rings (SSSR count). The van der Waals surface area contributed by atoms with Crippen LogP contribution in [0.4, 0.5) is 0 Å². The molecule has 1 unspecified atom stereocenters. The Labute approximate surface area is 113 Å². The molecule has 1 fully saturated rings. The molecule has 1 aliphatic carbocycles. The van der Waals surface area contributed by atoms with Gasteiger partial charge in [0.1, 0.15) is 0 Å². The zero-order chi connectivity index (χ0) is 12.7. The minimum Gasteiger partial charge on any atom is -0.349 e. The summed E-state index contributed by atoms with van der Waals surface area (Å²) in [5.41, 5.74) is 8.52. The molecule has 2 aromatic rings. The maximum Gasteiger partial charge on any atom is 0.0669 e. The zero-order valence-corrected chi connectivity index (χ0v) is 11.5. The van der Waals surface area contributed by atoms with Crippen LogP contribution >= 0.6 is 11.6 Å². The van der Waals surface area contributed by atoms with Crippen molar-refractivity contribution >= 4 is 22.5 Å². The predicted octanol–water partition coefficient (Wildman–Crippen LogP) is 3.67. The average molecular weight is 263 g/mol. The molecule has 3 heteroatoms. The van der Waals surface area contributed by atoms with Crippen molar-refractivity contribution in [2.75, 3.05) is 6.54 Å². The molecule has 1 atom stereocenters. The first-order valence-electron chi connectivity index (χ1n) is 6.66. The molecule has 2 nitrogen and oxygen atoms in total. The Bertz CT molecular complexity index is 569. The zero-order valence-electron chi connectivity index (χ0n) is 10.7. The van der Waals surface area contributed by atoms with Crippen LogP contribution in [-0.4, -0.2) is 11.1 Å². The Balaban J connectivity index is 2.13. The molecule has 1 aromatic carbocycles. The van der Waals surface area contributed by atoms with E-state index in [2.05, 4.69) is 23.9 Å². The van der Waals surface area contributed by atoms with E-state index in [-0.39, 0.29) is 0 Å². The van der Waals surface area contributed by atoms with Gasteiger partial charge in [-0.05, 0) is 36.9 Å². The van der Waals surface area contributed by atoms with Crippen LogP contribution < -0.4 is 5.73 Å². The lowest BCUT2D eigenvalue weighted by atomic mass is 9.73. The van der Waals surface area contributed by atoms with Crippen LogP contribution in [0.1, 0.15) is 30.7 Å². The van der Waals surface area contributed by atoms with Crippen LogP contribution in [0.2, 0.25) is 5.02 Å². The molecule has 18 heavy (non-hydrogen) atoms. The summed E-state index contributed by atoms with van der Waals surface area (Å²) in [7, 11) is 2.06. The predicted molar refractivity (Wildman–Crippen MR) is 77.1 cm³/mol. The van der Waals surface area contributed by atoms with Crippen molar-refractivity contribution in [3.05, 3.63) is 35.0 Å². The monoisotopic (exact) mass is 262 g/mol. The highest BCUT2D eigenvalue weighted by atomic mass is 35.5. The van der Waals surface area contributed by atoms with Gasteiger partial charge in [0, 0.05) is 24.5 Å². The molecule has 96 valence electrons. The first-order valence-corrected chi connectivity index (χ1v) is 7.03. The van der Waals surface area contributed by atoms with E-state index in [0.717, 1.165) is 23.0 Å². The Morgan fingerprint density at radius 1 is 1.44 bits per heavy atom. The molecule has 0 spiro atoms. The Kier molecular flexibility index (Phi) is 3.08. The molecule has 1 heterocycles. The number of para-hydroxylation sites is 1. The highest BCUT2D eigenvalue weighted by Crippen LogP contribution is 2.42. The summed E-state index contributed by atoms with van der Waals surface area (Å²) in [6.45, 7) is 0.732. The van der Waals surface area contributed by atoms with Crippen LogP contribution in [0.3, 0.4) is 0 Å².